The molecule has 4 bridgehead atoms. The number of hydrogen-bond acceptors (Lipinski definition) is 0. The van der Waals surface area contributed by atoms with Gasteiger partial charge in [0.25, 0.3) is 0 Å². The van der Waals surface area contributed by atoms with E-state index in [2.05, 4.69) is 155 Å². The summed E-state index contributed by atoms with van der Waals surface area (Å²) in [5, 5.41) is 5.16. The van der Waals surface area contributed by atoms with Crippen LogP contribution in [0.25, 0.3) is 77.2 Å². The topological polar surface area (TPSA) is 9.86 Å². The van der Waals surface area contributed by atoms with Gasteiger partial charge in [0.2, 0.25) is 0 Å². The minimum absolute atomic E-state index is 0.741. The normalized spacial score (nSPS) is 21.0. The number of para-hydroxylation sites is 3. The highest BCUT2D eigenvalue weighted by atomic mass is 15.0. The second-order valence-electron chi connectivity index (χ2n) is 17.4. The smallest absolute Gasteiger partial charge is 0.0541 e. The number of nitrogens with zero attached hydrogens (tertiary/aromatic N) is 2. The quantitative estimate of drug-likeness (QED) is 0.171. The van der Waals surface area contributed by atoms with Crippen LogP contribution in [-0.4, -0.2) is 9.13 Å². The molecule has 6 aliphatic rings. The lowest BCUT2D eigenvalue weighted by atomic mass is 9.59. The van der Waals surface area contributed by atoms with Gasteiger partial charge in [-0.3, -0.25) is 0 Å². The first-order valence-electron chi connectivity index (χ1n) is 21.2. The zero-order valence-electron chi connectivity index (χ0n) is 31.7. The van der Waals surface area contributed by atoms with Crippen molar-refractivity contribution in [3.63, 3.8) is 0 Å². The predicted octanol–water partition coefficient (Wildman–Crippen LogP) is 14.7. The molecule has 56 heavy (non-hydrogen) atoms. The second-order valence-corrected chi connectivity index (χ2v) is 17.4. The van der Waals surface area contributed by atoms with Crippen molar-refractivity contribution in [2.24, 2.45) is 0 Å². The maximum Gasteiger partial charge on any atom is 0.0541 e. The number of aromatic nitrogens is 2. The molecule has 0 N–H and O–H groups in total. The standard InChI is InChI=1S/C54H44N2/c1-2-8-40(9-3-1)55-48-12-6-4-10-42(48)46-30-38(24-28-50(46)55)39-25-29-51-47(31-39)43-11-5-7-13-49(43)56(51)41-26-22-37(23-27-41)54-52-35-18-14-33(15-19-35)44(52)32-45-34-16-20-36(21-17-34)53(45)54/h1-13,22-36H,14-21H2. The van der Waals surface area contributed by atoms with E-state index in [-0.39, 0.29) is 0 Å². The van der Waals surface area contributed by atoms with Crippen LogP contribution in [0.4, 0.5) is 0 Å². The van der Waals surface area contributed by atoms with E-state index in [9.17, 15) is 0 Å². The molecule has 9 aromatic rings. The average molecular weight is 721 g/mol. The van der Waals surface area contributed by atoms with Gasteiger partial charge in [-0.2, -0.15) is 0 Å². The van der Waals surface area contributed by atoms with Gasteiger partial charge in [0.15, 0.2) is 0 Å². The number of hydrogen-bond donors (Lipinski definition) is 0. The van der Waals surface area contributed by atoms with E-state index in [1.807, 2.05) is 0 Å². The first kappa shape index (κ1) is 31.4. The Kier molecular flexibility index (Phi) is 6.62. The molecule has 0 saturated heterocycles. The molecule has 2 fully saturated rings. The largest absolute Gasteiger partial charge is 0.309 e. The SMILES string of the molecule is c1ccc(-n2c3ccccc3c3cc(-c4ccc5c(c4)c4ccccc4n5-c4ccc(-c5c6c(cc7c5C5CCC7CC5)C5CCC6CC5)cc4)ccc32)cc1. The van der Waals surface area contributed by atoms with Crippen molar-refractivity contribution < 1.29 is 0 Å². The van der Waals surface area contributed by atoms with Gasteiger partial charge in [0.1, 0.15) is 0 Å². The molecule has 0 atom stereocenters. The third-order valence-corrected chi connectivity index (χ3v) is 14.7. The van der Waals surface area contributed by atoms with E-state index in [4.69, 9.17) is 0 Å². The number of rotatable bonds is 4. The average Bonchev–Trinajstić information content (AvgIpc) is 3.79. The molecule has 2 heteroatoms. The molecule has 2 saturated carbocycles. The third kappa shape index (κ3) is 4.39. The summed E-state index contributed by atoms with van der Waals surface area (Å²) in [6.45, 7) is 0. The van der Waals surface area contributed by atoms with Crippen LogP contribution in [0.1, 0.15) is 97.3 Å². The lowest BCUT2D eigenvalue weighted by Gasteiger charge is -2.46. The highest BCUT2D eigenvalue weighted by Crippen LogP contribution is 2.59. The summed E-state index contributed by atoms with van der Waals surface area (Å²) >= 11 is 0. The molecule has 2 heterocycles. The number of benzene rings is 7. The molecule has 15 rings (SSSR count). The van der Waals surface area contributed by atoms with Gasteiger partial charge in [-0.25, -0.2) is 0 Å². The van der Waals surface area contributed by atoms with Crippen LogP contribution in [0, 0.1) is 0 Å². The summed E-state index contributed by atoms with van der Waals surface area (Å²) in [7, 11) is 0. The first-order chi connectivity index (χ1) is 27.8. The Labute approximate surface area is 328 Å². The minimum atomic E-state index is 0.741. The molecule has 0 unspecified atom stereocenters. The molecule has 6 aliphatic carbocycles. The molecule has 0 spiro atoms. The first-order valence-corrected chi connectivity index (χ1v) is 21.2. The molecular weight excluding hydrogens is 677 g/mol. The van der Waals surface area contributed by atoms with Gasteiger partial charge < -0.3 is 9.13 Å². The summed E-state index contributed by atoms with van der Waals surface area (Å²) in [6.07, 6.45) is 11.1. The van der Waals surface area contributed by atoms with Crippen LogP contribution in [0.15, 0.2) is 146 Å². The van der Waals surface area contributed by atoms with Gasteiger partial charge in [0, 0.05) is 32.9 Å². The maximum atomic E-state index is 2.74. The van der Waals surface area contributed by atoms with Crippen molar-refractivity contribution in [1.29, 1.82) is 0 Å². The van der Waals surface area contributed by atoms with Crippen LogP contribution >= 0.6 is 0 Å². The van der Waals surface area contributed by atoms with E-state index in [0.29, 0.717) is 0 Å². The van der Waals surface area contributed by atoms with E-state index >= 15 is 0 Å². The number of fused-ring (bicyclic) bond motifs is 10. The Morgan fingerprint density at radius 3 is 1.25 bits per heavy atom. The summed E-state index contributed by atoms with van der Waals surface area (Å²) in [6, 6.07) is 55.2. The molecule has 0 aliphatic heterocycles. The van der Waals surface area contributed by atoms with E-state index < -0.39 is 0 Å². The molecule has 270 valence electrons. The van der Waals surface area contributed by atoms with Crippen molar-refractivity contribution in [3.8, 4) is 33.6 Å². The summed E-state index contributed by atoms with van der Waals surface area (Å²) in [4.78, 5) is 0. The fraction of sp³-hybridized carbons (Fsp3) is 0.222. The third-order valence-electron chi connectivity index (χ3n) is 14.7. The van der Waals surface area contributed by atoms with Crippen LogP contribution in [0.3, 0.4) is 0 Å². The van der Waals surface area contributed by atoms with Crippen molar-refractivity contribution in [2.75, 3.05) is 0 Å². The molecule has 7 aromatic carbocycles. The minimum Gasteiger partial charge on any atom is -0.309 e. The van der Waals surface area contributed by atoms with Gasteiger partial charge in [-0.05, 0) is 180 Å². The van der Waals surface area contributed by atoms with Crippen molar-refractivity contribution in [1.82, 2.24) is 9.13 Å². The van der Waals surface area contributed by atoms with Gasteiger partial charge in [-0.15, -0.1) is 0 Å². The summed E-state index contributed by atoms with van der Waals surface area (Å²) in [5.41, 5.74) is 20.0. The Balaban J connectivity index is 0.941. The van der Waals surface area contributed by atoms with Gasteiger partial charge >= 0.3 is 0 Å². The Hall–Kier alpha value is -5.86. The molecule has 0 amide bonds. The van der Waals surface area contributed by atoms with Crippen molar-refractivity contribution in [2.45, 2.75) is 75.0 Å². The fourth-order valence-electron chi connectivity index (χ4n) is 12.2. The zero-order valence-corrected chi connectivity index (χ0v) is 31.7. The van der Waals surface area contributed by atoms with E-state index in [1.165, 1.54) is 123 Å². The predicted molar refractivity (Wildman–Crippen MR) is 234 cm³/mol. The lowest BCUT2D eigenvalue weighted by Crippen LogP contribution is -2.28. The Morgan fingerprint density at radius 2 is 0.732 bits per heavy atom. The van der Waals surface area contributed by atoms with Crippen LogP contribution < -0.4 is 0 Å². The summed E-state index contributed by atoms with van der Waals surface area (Å²) < 4.78 is 4.89. The van der Waals surface area contributed by atoms with Crippen molar-refractivity contribution >= 4 is 43.6 Å². The Morgan fingerprint density at radius 1 is 0.321 bits per heavy atom. The van der Waals surface area contributed by atoms with Gasteiger partial charge in [0.05, 0.1) is 22.1 Å². The zero-order chi connectivity index (χ0) is 36.5. The monoisotopic (exact) mass is 720 g/mol. The molecule has 2 aromatic heterocycles. The van der Waals surface area contributed by atoms with Crippen molar-refractivity contribution in [3.05, 3.63) is 168 Å². The lowest BCUT2D eigenvalue weighted by molar-refractivity contribution is 0.342. The maximum absolute atomic E-state index is 2.74. The van der Waals surface area contributed by atoms with Crippen LogP contribution in [-0.2, 0) is 0 Å². The molecule has 0 radical (unpaired) electrons. The highest BCUT2D eigenvalue weighted by molar-refractivity contribution is 6.12. The van der Waals surface area contributed by atoms with E-state index in [1.54, 1.807) is 27.8 Å². The van der Waals surface area contributed by atoms with E-state index in [0.717, 1.165) is 23.7 Å². The van der Waals surface area contributed by atoms with Crippen LogP contribution in [0.5, 0.6) is 0 Å². The summed E-state index contributed by atoms with van der Waals surface area (Å²) in [5.74, 6) is 3.03. The highest BCUT2D eigenvalue weighted by Gasteiger charge is 2.41. The Bertz CT molecular complexity index is 2990. The fourth-order valence-corrected chi connectivity index (χ4v) is 12.2. The molecule has 2 nitrogen and oxygen atoms in total. The molecular formula is C54H44N2. The van der Waals surface area contributed by atoms with Gasteiger partial charge in [-0.1, -0.05) is 84.9 Å². The second kappa shape index (κ2) is 11.8. The van der Waals surface area contributed by atoms with Crippen LogP contribution in [0.2, 0.25) is 0 Å².